The molecule has 1 aliphatic rings. The summed E-state index contributed by atoms with van der Waals surface area (Å²) >= 11 is 0. The van der Waals surface area contributed by atoms with Crippen molar-refractivity contribution in [2.75, 3.05) is 20.3 Å². The summed E-state index contributed by atoms with van der Waals surface area (Å²) in [7, 11) is 1.57. The summed E-state index contributed by atoms with van der Waals surface area (Å²) in [6.45, 7) is 0.665. The van der Waals surface area contributed by atoms with Gasteiger partial charge in [-0.15, -0.1) is 0 Å². The van der Waals surface area contributed by atoms with Crippen LogP contribution in [0.25, 0.3) is 0 Å². The van der Waals surface area contributed by atoms with Crippen LogP contribution in [-0.2, 0) is 9.57 Å². The van der Waals surface area contributed by atoms with Crippen molar-refractivity contribution in [3.8, 4) is 11.5 Å². The van der Waals surface area contributed by atoms with Gasteiger partial charge in [-0.25, -0.2) is 4.79 Å². The SMILES string of the molecule is COc1cccc(OC/C(=N\OC2CCCCO2)c2cc(C(=O)O)ccn2)c1. The molecular formula is C20H22N2O6. The number of hydrogen-bond donors (Lipinski definition) is 1. The predicted octanol–water partition coefficient (Wildman–Crippen LogP) is 3.11. The number of aromatic carboxylic acids is 1. The van der Waals surface area contributed by atoms with Crippen LogP contribution in [0, 0.1) is 0 Å². The van der Waals surface area contributed by atoms with Crippen molar-refractivity contribution >= 4 is 11.7 Å². The van der Waals surface area contributed by atoms with Gasteiger partial charge in [0.15, 0.2) is 0 Å². The Balaban J connectivity index is 1.78. The number of benzene rings is 1. The molecule has 0 aliphatic carbocycles. The van der Waals surface area contributed by atoms with E-state index < -0.39 is 12.3 Å². The molecule has 1 N–H and O–H groups in total. The van der Waals surface area contributed by atoms with Crippen LogP contribution in [0.1, 0.15) is 35.3 Å². The third-order valence-corrected chi connectivity index (χ3v) is 4.14. The molecule has 0 bridgehead atoms. The van der Waals surface area contributed by atoms with Crippen LogP contribution in [0.3, 0.4) is 0 Å². The molecule has 0 saturated carbocycles. The van der Waals surface area contributed by atoms with Crippen molar-refractivity contribution in [3.05, 3.63) is 53.9 Å². The second-order valence-corrected chi connectivity index (χ2v) is 6.14. The van der Waals surface area contributed by atoms with Crippen molar-refractivity contribution in [2.24, 2.45) is 5.16 Å². The van der Waals surface area contributed by atoms with Crippen molar-refractivity contribution in [1.29, 1.82) is 0 Å². The molecule has 0 radical (unpaired) electrons. The molecule has 0 amide bonds. The molecule has 1 unspecified atom stereocenters. The lowest BCUT2D eigenvalue weighted by Crippen LogP contribution is -2.22. The summed E-state index contributed by atoms with van der Waals surface area (Å²) in [6.07, 6.45) is 3.73. The molecule has 1 atom stereocenters. The fourth-order valence-corrected chi connectivity index (χ4v) is 2.63. The molecule has 8 nitrogen and oxygen atoms in total. The lowest BCUT2D eigenvalue weighted by molar-refractivity contribution is -0.162. The standard InChI is InChI=1S/C20H22N2O6/c1-25-15-5-4-6-16(12-15)27-13-18(22-28-19-7-2-3-10-26-19)17-11-14(20(23)24)8-9-21-17/h4-6,8-9,11-12,19H,2-3,7,10,13H2,1H3,(H,23,24)/b22-18+. The highest BCUT2D eigenvalue weighted by Crippen LogP contribution is 2.19. The van der Waals surface area contributed by atoms with Crippen LogP contribution in [0.5, 0.6) is 11.5 Å². The number of hydrogen-bond acceptors (Lipinski definition) is 7. The Bertz CT molecular complexity index is 833. The number of carbonyl (C=O) groups is 1. The zero-order chi connectivity index (χ0) is 19.8. The van der Waals surface area contributed by atoms with E-state index in [9.17, 15) is 9.90 Å². The van der Waals surface area contributed by atoms with Crippen LogP contribution < -0.4 is 9.47 Å². The van der Waals surface area contributed by atoms with Crippen LogP contribution in [0.2, 0.25) is 0 Å². The van der Waals surface area contributed by atoms with E-state index >= 15 is 0 Å². The van der Waals surface area contributed by atoms with E-state index in [4.69, 9.17) is 19.0 Å². The van der Waals surface area contributed by atoms with Gasteiger partial charge in [0, 0.05) is 18.7 Å². The summed E-state index contributed by atoms with van der Waals surface area (Å²) in [4.78, 5) is 21.0. The van der Waals surface area contributed by atoms with Gasteiger partial charge in [-0.05, 0) is 37.1 Å². The minimum absolute atomic E-state index is 0.0377. The van der Waals surface area contributed by atoms with E-state index in [0.717, 1.165) is 19.3 Å². The highest BCUT2D eigenvalue weighted by atomic mass is 16.8. The second kappa shape index (κ2) is 9.70. The Morgan fingerprint density at radius 3 is 2.89 bits per heavy atom. The van der Waals surface area contributed by atoms with Crippen molar-refractivity contribution in [1.82, 2.24) is 4.98 Å². The first kappa shape index (κ1) is 19.6. The maximum atomic E-state index is 11.3. The largest absolute Gasteiger partial charge is 0.497 e. The highest BCUT2D eigenvalue weighted by Gasteiger charge is 2.17. The normalized spacial score (nSPS) is 17.0. The molecule has 1 fully saturated rings. The summed E-state index contributed by atoms with van der Waals surface area (Å²) in [5.41, 5.74) is 0.826. The third kappa shape index (κ3) is 5.43. The van der Waals surface area contributed by atoms with Crippen molar-refractivity contribution < 1.29 is 28.9 Å². The molecule has 8 heteroatoms. The monoisotopic (exact) mass is 386 g/mol. The summed E-state index contributed by atoms with van der Waals surface area (Å²) in [5.74, 6) is 0.192. The van der Waals surface area contributed by atoms with Gasteiger partial charge in [-0.1, -0.05) is 11.2 Å². The van der Waals surface area contributed by atoms with E-state index in [0.29, 0.717) is 29.5 Å². The molecule has 2 heterocycles. The zero-order valence-electron chi connectivity index (χ0n) is 15.5. The van der Waals surface area contributed by atoms with E-state index in [-0.39, 0.29) is 12.2 Å². The van der Waals surface area contributed by atoms with E-state index in [2.05, 4.69) is 10.1 Å². The topological polar surface area (TPSA) is 99.5 Å². The van der Waals surface area contributed by atoms with E-state index in [1.165, 1.54) is 18.3 Å². The van der Waals surface area contributed by atoms with Crippen LogP contribution in [0.15, 0.2) is 47.8 Å². The fraction of sp³-hybridized carbons (Fsp3) is 0.350. The van der Waals surface area contributed by atoms with Crippen molar-refractivity contribution in [3.63, 3.8) is 0 Å². The smallest absolute Gasteiger partial charge is 0.335 e. The molecule has 1 aromatic heterocycles. The second-order valence-electron chi connectivity index (χ2n) is 6.14. The Kier molecular flexibility index (Phi) is 6.80. The fourth-order valence-electron chi connectivity index (χ4n) is 2.63. The number of carboxylic acid groups (broad SMARTS) is 1. The number of rotatable bonds is 8. The first-order valence-electron chi connectivity index (χ1n) is 8.96. The van der Waals surface area contributed by atoms with Gasteiger partial charge in [0.05, 0.1) is 25.0 Å². The average Bonchev–Trinajstić information content (AvgIpc) is 2.74. The Hall–Kier alpha value is -3.13. The van der Waals surface area contributed by atoms with E-state index in [1.807, 2.05) is 6.07 Å². The van der Waals surface area contributed by atoms with E-state index in [1.54, 1.807) is 25.3 Å². The quantitative estimate of drug-likeness (QED) is 0.550. The maximum Gasteiger partial charge on any atom is 0.335 e. The number of methoxy groups -OCH3 is 1. The highest BCUT2D eigenvalue weighted by molar-refractivity contribution is 6.01. The van der Waals surface area contributed by atoms with Gasteiger partial charge in [0.2, 0.25) is 6.29 Å². The van der Waals surface area contributed by atoms with Crippen LogP contribution >= 0.6 is 0 Å². The predicted molar refractivity (Wildman–Crippen MR) is 101 cm³/mol. The molecule has 1 aromatic carbocycles. The molecule has 1 aliphatic heterocycles. The maximum absolute atomic E-state index is 11.3. The Labute approximate surface area is 162 Å². The van der Waals surface area contributed by atoms with Crippen LogP contribution in [0.4, 0.5) is 0 Å². The van der Waals surface area contributed by atoms with Gasteiger partial charge in [-0.2, -0.15) is 0 Å². The minimum Gasteiger partial charge on any atom is -0.497 e. The number of pyridine rings is 1. The van der Waals surface area contributed by atoms with Gasteiger partial charge in [0.25, 0.3) is 0 Å². The first-order chi connectivity index (χ1) is 13.7. The average molecular weight is 386 g/mol. The van der Waals surface area contributed by atoms with Gasteiger partial charge < -0.3 is 24.2 Å². The summed E-state index contributed by atoms with van der Waals surface area (Å²) in [6, 6.07) is 9.98. The Morgan fingerprint density at radius 1 is 1.29 bits per heavy atom. The first-order valence-corrected chi connectivity index (χ1v) is 8.96. The molecule has 148 valence electrons. The van der Waals surface area contributed by atoms with Crippen LogP contribution in [-0.4, -0.2) is 48.4 Å². The third-order valence-electron chi connectivity index (χ3n) is 4.14. The zero-order valence-corrected chi connectivity index (χ0v) is 15.5. The van der Waals surface area contributed by atoms with Gasteiger partial charge in [-0.3, -0.25) is 4.98 Å². The summed E-state index contributed by atoms with van der Waals surface area (Å²) in [5, 5.41) is 13.4. The molecule has 3 rings (SSSR count). The number of aromatic nitrogens is 1. The molecular weight excluding hydrogens is 364 g/mol. The number of nitrogens with zero attached hydrogens (tertiary/aromatic N) is 2. The lowest BCUT2D eigenvalue weighted by atomic mass is 10.2. The Morgan fingerprint density at radius 2 is 2.14 bits per heavy atom. The number of ether oxygens (including phenoxy) is 3. The van der Waals surface area contributed by atoms with Crippen molar-refractivity contribution in [2.45, 2.75) is 25.6 Å². The molecule has 2 aromatic rings. The summed E-state index contributed by atoms with van der Waals surface area (Å²) < 4.78 is 16.5. The molecule has 0 spiro atoms. The van der Waals surface area contributed by atoms with Gasteiger partial charge >= 0.3 is 5.97 Å². The molecule has 28 heavy (non-hydrogen) atoms. The number of carboxylic acids is 1. The minimum atomic E-state index is -1.05. The van der Waals surface area contributed by atoms with Gasteiger partial charge in [0.1, 0.15) is 23.8 Å². The molecule has 1 saturated heterocycles. The lowest BCUT2D eigenvalue weighted by Gasteiger charge is -2.20. The number of oxime groups is 1.